The lowest BCUT2D eigenvalue weighted by Crippen LogP contribution is -2.16. The number of sulfonamides is 1. The highest BCUT2D eigenvalue weighted by atomic mass is 32.2. The smallest absolute Gasteiger partial charge is 0.416 e. The molecule has 3 aromatic rings. The van der Waals surface area contributed by atoms with Gasteiger partial charge in [0.2, 0.25) is 0 Å². The van der Waals surface area contributed by atoms with Crippen LogP contribution >= 0.6 is 0 Å². The van der Waals surface area contributed by atoms with E-state index >= 15 is 0 Å². The van der Waals surface area contributed by atoms with Gasteiger partial charge in [-0.2, -0.15) is 13.2 Å². The highest BCUT2D eigenvalue weighted by Gasteiger charge is 2.30. The van der Waals surface area contributed by atoms with E-state index in [9.17, 15) is 26.4 Å². The van der Waals surface area contributed by atoms with Crippen molar-refractivity contribution < 1.29 is 31.1 Å². The minimum Gasteiger partial charge on any atom is -0.497 e. The van der Waals surface area contributed by atoms with Crippen LogP contribution in [0.25, 0.3) is 0 Å². The summed E-state index contributed by atoms with van der Waals surface area (Å²) >= 11 is 0. The number of carbonyl (C=O) groups excluding carboxylic acids is 1. The number of alkyl halides is 3. The van der Waals surface area contributed by atoms with Gasteiger partial charge in [-0.05, 0) is 66.7 Å². The predicted octanol–water partition coefficient (Wildman–Crippen LogP) is 4.77. The molecule has 0 saturated carbocycles. The molecule has 0 aliphatic rings. The van der Waals surface area contributed by atoms with Gasteiger partial charge in [0.25, 0.3) is 15.9 Å². The highest BCUT2D eigenvalue weighted by molar-refractivity contribution is 7.92. The van der Waals surface area contributed by atoms with Crippen molar-refractivity contribution in [1.82, 2.24) is 0 Å². The molecule has 1 amide bonds. The first-order valence-electron chi connectivity index (χ1n) is 8.84. The van der Waals surface area contributed by atoms with Crippen LogP contribution in [0.1, 0.15) is 15.9 Å². The summed E-state index contributed by atoms with van der Waals surface area (Å²) < 4.78 is 70.6. The largest absolute Gasteiger partial charge is 0.497 e. The fraction of sp³-hybridized carbons (Fsp3) is 0.0952. The van der Waals surface area contributed by atoms with E-state index in [-0.39, 0.29) is 16.1 Å². The molecule has 0 unspecified atom stereocenters. The van der Waals surface area contributed by atoms with E-state index in [0.29, 0.717) is 11.4 Å². The van der Waals surface area contributed by atoms with Gasteiger partial charge >= 0.3 is 6.18 Å². The summed E-state index contributed by atoms with van der Waals surface area (Å²) in [5.74, 6) is -0.105. The molecule has 2 N–H and O–H groups in total. The Morgan fingerprint density at radius 2 is 1.52 bits per heavy atom. The van der Waals surface area contributed by atoms with Gasteiger partial charge in [0, 0.05) is 16.9 Å². The van der Waals surface area contributed by atoms with Crippen molar-refractivity contribution in [2.45, 2.75) is 11.1 Å². The Morgan fingerprint density at radius 1 is 0.903 bits per heavy atom. The lowest BCUT2D eigenvalue weighted by molar-refractivity contribution is -0.137. The molecule has 162 valence electrons. The van der Waals surface area contributed by atoms with Crippen LogP contribution in [0.3, 0.4) is 0 Å². The average Bonchev–Trinajstić information content (AvgIpc) is 2.74. The Bertz CT molecular complexity index is 1180. The van der Waals surface area contributed by atoms with Gasteiger partial charge in [-0.25, -0.2) is 8.42 Å². The molecule has 0 aromatic heterocycles. The first-order valence-corrected chi connectivity index (χ1v) is 10.3. The molecular weight excluding hydrogens is 433 g/mol. The minimum absolute atomic E-state index is 0.0255. The Labute approximate surface area is 176 Å². The molecule has 10 heteroatoms. The van der Waals surface area contributed by atoms with Gasteiger partial charge in [0.15, 0.2) is 0 Å². The lowest BCUT2D eigenvalue weighted by Gasteiger charge is -2.11. The predicted molar refractivity (Wildman–Crippen MR) is 110 cm³/mol. The van der Waals surface area contributed by atoms with Gasteiger partial charge in [-0.1, -0.05) is 6.07 Å². The molecular formula is C21H17F3N2O4S. The third kappa shape index (κ3) is 5.54. The summed E-state index contributed by atoms with van der Waals surface area (Å²) in [6.45, 7) is 0. The normalized spacial score (nSPS) is 11.6. The maximum Gasteiger partial charge on any atom is 0.416 e. The van der Waals surface area contributed by atoms with Gasteiger partial charge < -0.3 is 10.1 Å². The van der Waals surface area contributed by atoms with Crippen molar-refractivity contribution in [3.05, 3.63) is 83.9 Å². The van der Waals surface area contributed by atoms with Crippen LogP contribution in [-0.2, 0) is 16.2 Å². The Morgan fingerprint density at radius 3 is 2.10 bits per heavy atom. The highest BCUT2D eigenvalue weighted by Crippen LogP contribution is 2.30. The summed E-state index contributed by atoms with van der Waals surface area (Å²) in [6, 6.07) is 15.4. The molecule has 0 fully saturated rings. The molecule has 0 atom stereocenters. The number of nitrogens with one attached hydrogen (secondary N) is 2. The van der Waals surface area contributed by atoms with E-state index in [4.69, 9.17) is 4.74 Å². The van der Waals surface area contributed by atoms with Crippen LogP contribution in [0, 0.1) is 0 Å². The number of amides is 1. The summed E-state index contributed by atoms with van der Waals surface area (Å²) in [7, 11) is -2.49. The van der Waals surface area contributed by atoms with Gasteiger partial charge in [-0.15, -0.1) is 0 Å². The van der Waals surface area contributed by atoms with E-state index in [1.807, 2.05) is 0 Å². The Kier molecular flexibility index (Phi) is 6.21. The van der Waals surface area contributed by atoms with Crippen molar-refractivity contribution in [3.63, 3.8) is 0 Å². The monoisotopic (exact) mass is 450 g/mol. The maximum absolute atomic E-state index is 12.6. The molecule has 0 aliphatic carbocycles. The van der Waals surface area contributed by atoms with Crippen LogP contribution in [0.15, 0.2) is 77.7 Å². The molecule has 0 aliphatic heterocycles. The van der Waals surface area contributed by atoms with Crippen LogP contribution in [0.2, 0.25) is 0 Å². The zero-order chi connectivity index (χ0) is 22.6. The topological polar surface area (TPSA) is 84.5 Å². The third-order valence-electron chi connectivity index (χ3n) is 4.22. The first kappa shape index (κ1) is 22.2. The number of anilines is 2. The SMILES string of the molecule is COc1ccc(NS(=O)(=O)c2cccc(C(=O)Nc3ccc(C(F)(F)F)cc3)c2)cc1. The number of hydrogen-bond acceptors (Lipinski definition) is 4. The molecule has 31 heavy (non-hydrogen) atoms. The van der Waals surface area contributed by atoms with Gasteiger partial charge in [-0.3, -0.25) is 9.52 Å². The van der Waals surface area contributed by atoms with Crippen molar-refractivity contribution in [2.75, 3.05) is 17.1 Å². The molecule has 0 saturated heterocycles. The summed E-state index contributed by atoms with van der Waals surface area (Å²) in [5.41, 5.74) is -0.372. The van der Waals surface area contributed by atoms with Gasteiger partial charge in [0.05, 0.1) is 17.6 Å². The number of benzene rings is 3. The second kappa shape index (κ2) is 8.68. The van der Waals surface area contributed by atoms with Crippen molar-refractivity contribution >= 4 is 27.3 Å². The molecule has 0 radical (unpaired) electrons. The average molecular weight is 450 g/mol. The number of hydrogen-bond donors (Lipinski definition) is 2. The fourth-order valence-corrected chi connectivity index (χ4v) is 3.73. The number of halogens is 3. The summed E-state index contributed by atoms with van der Waals surface area (Å²) in [6.07, 6.45) is -4.48. The zero-order valence-corrected chi connectivity index (χ0v) is 16.9. The van der Waals surface area contributed by atoms with Crippen LogP contribution in [-0.4, -0.2) is 21.4 Å². The second-order valence-electron chi connectivity index (χ2n) is 6.39. The number of ether oxygens (including phenoxy) is 1. The summed E-state index contributed by atoms with van der Waals surface area (Å²) in [4.78, 5) is 12.3. The molecule has 0 heterocycles. The minimum atomic E-state index is -4.48. The van der Waals surface area contributed by atoms with E-state index in [0.717, 1.165) is 24.3 Å². The van der Waals surface area contributed by atoms with E-state index in [2.05, 4.69) is 10.0 Å². The van der Waals surface area contributed by atoms with Crippen LogP contribution in [0.4, 0.5) is 24.5 Å². The molecule has 3 aromatic carbocycles. The third-order valence-corrected chi connectivity index (χ3v) is 5.60. The molecule has 0 bridgehead atoms. The number of rotatable bonds is 6. The second-order valence-corrected chi connectivity index (χ2v) is 8.07. The quantitative estimate of drug-likeness (QED) is 0.567. The molecule has 0 spiro atoms. The van der Waals surface area contributed by atoms with Crippen molar-refractivity contribution in [3.8, 4) is 5.75 Å². The fourth-order valence-electron chi connectivity index (χ4n) is 2.62. The molecule has 3 rings (SSSR count). The van der Waals surface area contributed by atoms with Crippen molar-refractivity contribution in [1.29, 1.82) is 0 Å². The Balaban J connectivity index is 1.76. The van der Waals surface area contributed by atoms with Crippen molar-refractivity contribution in [2.24, 2.45) is 0 Å². The van der Waals surface area contributed by atoms with Crippen LogP contribution < -0.4 is 14.8 Å². The zero-order valence-electron chi connectivity index (χ0n) is 16.1. The van der Waals surface area contributed by atoms with Gasteiger partial charge in [0.1, 0.15) is 5.75 Å². The van der Waals surface area contributed by atoms with E-state index < -0.39 is 27.7 Å². The van der Waals surface area contributed by atoms with E-state index in [1.54, 1.807) is 12.1 Å². The Hall–Kier alpha value is -3.53. The number of carbonyl (C=O) groups is 1. The summed E-state index contributed by atoms with van der Waals surface area (Å²) in [5, 5.41) is 2.44. The standard InChI is InChI=1S/C21H17F3N2O4S/c1-30-18-11-9-17(10-12-18)26-31(28,29)19-4-2-3-14(13-19)20(27)25-16-7-5-15(6-8-16)21(22,23)24/h2-13,26H,1H3,(H,25,27). The molecule has 6 nitrogen and oxygen atoms in total. The maximum atomic E-state index is 12.6. The lowest BCUT2D eigenvalue weighted by atomic mass is 10.2. The van der Waals surface area contributed by atoms with E-state index in [1.165, 1.54) is 43.5 Å². The number of methoxy groups -OCH3 is 1. The first-order chi connectivity index (χ1) is 14.6. The van der Waals surface area contributed by atoms with Crippen LogP contribution in [0.5, 0.6) is 5.75 Å².